The van der Waals surface area contributed by atoms with Crippen molar-refractivity contribution in [1.82, 2.24) is 14.8 Å². The lowest BCUT2D eigenvalue weighted by Gasteiger charge is -2.14. The van der Waals surface area contributed by atoms with Gasteiger partial charge in [0.1, 0.15) is 5.82 Å². The van der Waals surface area contributed by atoms with Gasteiger partial charge < -0.3 is 4.57 Å². The van der Waals surface area contributed by atoms with Crippen molar-refractivity contribution in [3.8, 4) is 0 Å². The topological polar surface area (TPSA) is 33.6 Å². The Balaban J connectivity index is 1.85. The third kappa shape index (κ3) is 2.29. The molecule has 96 valence electrons. The highest BCUT2D eigenvalue weighted by Crippen LogP contribution is 2.40. The minimum absolute atomic E-state index is 0.380. The maximum Gasteiger partial charge on any atom is 0.195 e. The van der Waals surface area contributed by atoms with Crippen molar-refractivity contribution >= 4 is 23.6 Å². The third-order valence-corrected chi connectivity index (χ3v) is 4.72. The lowest BCUT2D eigenvalue weighted by Crippen LogP contribution is -2.11. The van der Waals surface area contributed by atoms with Crippen molar-refractivity contribution in [1.29, 1.82) is 0 Å². The molecule has 0 amide bonds. The average Bonchev–Trinajstić information content (AvgIpc) is 2.98. The molecule has 0 aromatic carbocycles. The van der Waals surface area contributed by atoms with Gasteiger partial charge in [0.2, 0.25) is 0 Å². The number of nitrogens with zero attached hydrogens (tertiary/aromatic N) is 2. The second-order valence-corrected chi connectivity index (χ2v) is 6.86. The van der Waals surface area contributed by atoms with E-state index in [1.165, 1.54) is 22.6 Å². The predicted molar refractivity (Wildman–Crippen MR) is 76.9 cm³/mol. The smallest absolute Gasteiger partial charge is 0.195 e. The van der Waals surface area contributed by atoms with E-state index in [4.69, 9.17) is 12.2 Å². The minimum Gasteiger partial charge on any atom is -0.301 e. The highest BCUT2D eigenvalue weighted by molar-refractivity contribution is 7.71. The number of hydrogen-bond donors (Lipinski definition) is 1. The highest BCUT2D eigenvalue weighted by atomic mass is 32.1. The van der Waals surface area contributed by atoms with Gasteiger partial charge in [0.15, 0.2) is 4.77 Å². The van der Waals surface area contributed by atoms with Crippen molar-refractivity contribution in [3.63, 3.8) is 0 Å². The van der Waals surface area contributed by atoms with Crippen LogP contribution in [0.5, 0.6) is 0 Å². The maximum absolute atomic E-state index is 5.37. The number of H-pyrrole nitrogens is 1. The minimum atomic E-state index is 0.380. The number of aryl methyl sites for hydroxylation is 1. The van der Waals surface area contributed by atoms with Gasteiger partial charge in [-0.2, -0.15) is 5.10 Å². The van der Waals surface area contributed by atoms with Gasteiger partial charge in [-0.05, 0) is 51.0 Å². The van der Waals surface area contributed by atoms with E-state index >= 15 is 0 Å². The summed E-state index contributed by atoms with van der Waals surface area (Å²) < 4.78 is 2.97. The van der Waals surface area contributed by atoms with E-state index in [1.54, 1.807) is 0 Å². The van der Waals surface area contributed by atoms with Crippen molar-refractivity contribution < 1.29 is 0 Å². The molecule has 2 heterocycles. The Hall–Kier alpha value is -0.940. The van der Waals surface area contributed by atoms with E-state index in [9.17, 15) is 0 Å². The molecule has 3 nitrogen and oxygen atoms in total. The molecule has 1 N–H and O–H groups in total. The number of nitrogens with one attached hydrogen (secondary N) is 1. The molecule has 5 heteroatoms. The van der Waals surface area contributed by atoms with Gasteiger partial charge in [0.25, 0.3) is 0 Å². The summed E-state index contributed by atoms with van der Waals surface area (Å²) in [5.74, 6) is 1.78. The van der Waals surface area contributed by atoms with Gasteiger partial charge in [-0.3, -0.25) is 5.10 Å². The van der Waals surface area contributed by atoms with Crippen LogP contribution in [-0.2, 0) is 6.42 Å². The lowest BCUT2D eigenvalue weighted by molar-refractivity contribution is 0.518. The zero-order valence-electron chi connectivity index (χ0n) is 10.6. The first-order valence-corrected chi connectivity index (χ1v) is 7.59. The second kappa shape index (κ2) is 4.63. The summed E-state index contributed by atoms with van der Waals surface area (Å²) in [6, 6.07) is 4.78. The molecule has 1 aliphatic rings. The van der Waals surface area contributed by atoms with Crippen LogP contribution < -0.4 is 0 Å². The van der Waals surface area contributed by atoms with Crippen LogP contribution in [0, 0.1) is 11.7 Å². The molecular formula is C13H17N3S2. The molecule has 1 aliphatic carbocycles. The molecule has 0 radical (unpaired) electrons. The van der Waals surface area contributed by atoms with Crippen LogP contribution in [0.3, 0.4) is 0 Å². The Morgan fingerprint density at radius 2 is 2.33 bits per heavy atom. The van der Waals surface area contributed by atoms with Gasteiger partial charge in [0, 0.05) is 28.1 Å². The van der Waals surface area contributed by atoms with E-state index in [1.807, 2.05) is 11.3 Å². The van der Waals surface area contributed by atoms with Crippen LogP contribution in [0.25, 0.3) is 0 Å². The van der Waals surface area contributed by atoms with Crippen LogP contribution in [0.4, 0.5) is 0 Å². The van der Waals surface area contributed by atoms with Gasteiger partial charge in [-0.25, -0.2) is 0 Å². The van der Waals surface area contributed by atoms with Crippen molar-refractivity contribution in [2.24, 2.45) is 0 Å². The lowest BCUT2D eigenvalue weighted by atomic mass is 10.2. The SMILES string of the molecule is Cc1ccc(CC(C)n2c(C3CC3)n[nH]c2=S)s1. The molecule has 0 bridgehead atoms. The summed E-state index contributed by atoms with van der Waals surface area (Å²) in [5.41, 5.74) is 0. The zero-order chi connectivity index (χ0) is 12.7. The fraction of sp³-hybridized carbons (Fsp3) is 0.538. The van der Waals surface area contributed by atoms with Crippen molar-refractivity contribution in [2.45, 2.75) is 45.1 Å². The molecule has 2 aromatic rings. The predicted octanol–water partition coefficient (Wildman–Crippen LogP) is 3.99. The Kier molecular flexibility index (Phi) is 3.11. The normalized spacial score (nSPS) is 17.0. The molecule has 0 saturated heterocycles. The zero-order valence-corrected chi connectivity index (χ0v) is 12.3. The summed E-state index contributed by atoms with van der Waals surface area (Å²) in [6.07, 6.45) is 3.54. The Bertz CT molecular complexity index is 604. The van der Waals surface area contributed by atoms with Crippen LogP contribution >= 0.6 is 23.6 Å². The van der Waals surface area contributed by atoms with Crippen LogP contribution in [0.1, 0.15) is 47.3 Å². The number of aromatic nitrogens is 3. The van der Waals surface area contributed by atoms with E-state index < -0.39 is 0 Å². The van der Waals surface area contributed by atoms with E-state index in [0.717, 1.165) is 17.0 Å². The van der Waals surface area contributed by atoms with E-state index in [2.05, 4.69) is 40.7 Å². The first kappa shape index (κ1) is 12.1. The molecule has 3 rings (SSSR count). The summed E-state index contributed by atoms with van der Waals surface area (Å²) in [4.78, 5) is 2.79. The molecule has 0 spiro atoms. The molecule has 1 atom stereocenters. The highest BCUT2D eigenvalue weighted by Gasteiger charge is 2.30. The first-order valence-electron chi connectivity index (χ1n) is 6.37. The van der Waals surface area contributed by atoms with E-state index in [-0.39, 0.29) is 0 Å². The molecule has 1 fully saturated rings. The number of thiophene rings is 1. The van der Waals surface area contributed by atoms with Crippen LogP contribution in [0.15, 0.2) is 12.1 Å². The van der Waals surface area contributed by atoms with Crippen LogP contribution in [0.2, 0.25) is 0 Å². The van der Waals surface area contributed by atoms with E-state index in [0.29, 0.717) is 12.0 Å². The summed E-state index contributed by atoms with van der Waals surface area (Å²) in [7, 11) is 0. The second-order valence-electron chi connectivity index (χ2n) is 5.10. The number of rotatable bonds is 4. The first-order chi connectivity index (χ1) is 8.65. The largest absolute Gasteiger partial charge is 0.301 e. The quantitative estimate of drug-likeness (QED) is 0.858. The number of hydrogen-bond acceptors (Lipinski definition) is 3. The molecular weight excluding hydrogens is 262 g/mol. The molecule has 0 aliphatic heterocycles. The standard InChI is InChI=1S/C13H17N3S2/c1-8(7-11-6-3-9(2)18-11)16-12(10-4-5-10)14-15-13(16)17/h3,6,8,10H,4-5,7H2,1-2H3,(H,15,17). The molecule has 18 heavy (non-hydrogen) atoms. The van der Waals surface area contributed by atoms with Crippen LogP contribution in [-0.4, -0.2) is 14.8 Å². The number of aromatic amines is 1. The van der Waals surface area contributed by atoms with Crippen molar-refractivity contribution in [2.75, 3.05) is 0 Å². The van der Waals surface area contributed by atoms with Gasteiger partial charge in [-0.15, -0.1) is 11.3 Å². The summed E-state index contributed by atoms with van der Waals surface area (Å²) in [5, 5.41) is 7.34. The third-order valence-electron chi connectivity index (χ3n) is 3.41. The van der Waals surface area contributed by atoms with Gasteiger partial charge in [0.05, 0.1) is 0 Å². The molecule has 2 aromatic heterocycles. The fourth-order valence-electron chi connectivity index (χ4n) is 2.35. The van der Waals surface area contributed by atoms with Crippen molar-refractivity contribution in [3.05, 3.63) is 32.5 Å². The Labute approximate surface area is 116 Å². The molecule has 1 saturated carbocycles. The Morgan fingerprint density at radius 3 is 2.94 bits per heavy atom. The average molecular weight is 279 g/mol. The monoisotopic (exact) mass is 279 g/mol. The summed E-state index contributed by atoms with van der Waals surface area (Å²) >= 11 is 7.24. The summed E-state index contributed by atoms with van der Waals surface area (Å²) in [6.45, 7) is 4.38. The molecule has 1 unspecified atom stereocenters. The fourth-order valence-corrected chi connectivity index (χ4v) is 3.68. The van der Waals surface area contributed by atoms with Gasteiger partial charge >= 0.3 is 0 Å². The maximum atomic E-state index is 5.37. The van der Waals surface area contributed by atoms with Gasteiger partial charge in [-0.1, -0.05) is 0 Å². The Morgan fingerprint density at radius 1 is 1.56 bits per heavy atom.